The summed E-state index contributed by atoms with van der Waals surface area (Å²) >= 11 is 0. The Balaban J connectivity index is 2.30. The van der Waals surface area contributed by atoms with Crippen molar-refractivity contribution in [2.24, 2.45) is 0 Å². The minimum atomic E-state index is 0.670. The first-order valence-corrected chi connectivity index (χ1v) is 4.59. The number of nitrogen functional groups attached to an aromatic ring is 1. The Bertz CT molecular complexity index is 252. The summed E-state index contributed by atoms with van der Waals surface area (Å²) in [7, 11) is 0. The second-order valence-electron chi connectivity index (χ2n) is 3.63. The van der Waals surface area contributed by atoms with E-state index in [0.29, 0.717) is 11.7 Å². The Labute approximate surface area is 72.4 Å². The maximum absolute atomic E-state index is 5.78. The maximum atomic E-state index is 5.78. The summed E-state index contributed by atoms with van der Waals surface area (Å²) in [5.74, 6) is 1.38. The molecule has 0 amide bonds. The van der Waals surface area contributed by atoms with Gasteiger partial charge in [-0.3, -0.25) is 5.10 Å². The van der Waals surface area contributed by atoms with Crippen molar-refractivity contribution in [3.63, 3.8) is 0 Å². The largest absolute Gasteiger partial charge is 0.382 e. The van der Waals surface area contributed by atoms with Crippen molar-refractivity contribution in [3.8, 4) is 0 Å². The molecule has 0 aromatic carbocycles. The predicted octanol–water partition coefficient (Wildman–Crippen LogP) is 1.96. The van der Waals surface area contributed by atoms with Gasteiger partial charge in [-0.2, -0.15) is 5.10 Å². The second-order valence-corrected chi connectivity index (χ2v) is 3.63. The van der Waals surface area contributed by atoms with E-state index in [0.717, 1.165) is 5.69 Å². The van der Waals surface area contributed by atoms with Crippen molar-refractivity contribution in [2.75, 3.05) is 5.73 Å². The van der Waals surface area contributed by atoms with E-state index in [1.807, 2.05) is 0 Å². The molecule has 1 saturated carbocycles. The quantitative estimate of drug-likeness (QED) is 0.668. The number of anilines is 1. The summed E-state index contributed by atoms with van der Waals surface area (Å²) in [6.45, 7) is 2.05. The average Bonchev–Trinajstić information content (AvgIpc) is 2.61. The first kappa shape index (κ1) is 7.65. The van der Waals surface area contributed by atoms with E-state index < -0.39 is 0 Å². The predicted molar refractivity (Wildman–Crippen MR) is 48.9 cm³/mol. The van der Waals surface area contributed by atoms with Gasteiger partial charge in [0.15, 0.2) is 0 Å². The van der Waals surface area contributed by atoms with Gasteiger partial charge in [0.05, 0.1) is 0 Å². The van der Waals surface area contributed by atoms with E-state index in [-0.39, 0.29) is 0 Å². The molecule has 1 fully saturated rings. The Kier molecular flexibility index (Phi) is 1.79. The van der Waals surface area contributed by atoms with Gasteiger partial charge in [-0.1, -0.05) is 12.8 Å². The molecule has 1 heterocycles. The molecule has 0 aliphatic heterocycles. The van der Waals surface area contributed by atoms with Crippen LogP contribution in [-0.4, -0.2) is 10.2 Å². The zero-order valence-corrected chi connectivity index (χ0v) is 7.43. The fourth-order valence-electron chi connectivity index (χ4n) is 2.19. The number of hydrogen-bond acceptors (Lipinski definition) is 2. The minimum Gasteiger partial charge on any atom is -0.382 e. The lowest BCUT2D eigenvalue weighted by Crippen LogP contribution is -1.98. The van der Waals surface area contributed by atoms with Crippen molar-refractivity contribution >= 4 is 5.82 Å². The van der Waals surface area contributed by atoms with E-state index >= 15 is 0 Å². The van der Waals surface area contributed by atoms with E-state index in [9.17, 15) is 0 Å². The first-order chi connectivity index (χ1) is 5.79. The monoisotopic (exact) mass is 165 g/mol. The van der Waals surface area contributed by atoms with Crippen LogP contribution in [-0.2, 0) is 0 Å². The molecular formula is C9H15N3. The van der Waals surface area contributed by atoms with Gasteiger partial charge in [0.25, 0.3) is 0 Å². The van der Waals surface area contributed by atoms with Crippen LogP contribution < -0.4 is 5.73 Å². The van der Waals surface area contributed by atoms with Crippen LogP contribution in [0.2, 0.25) is 0 Å². The average molecular weight is 165 g/mol. The summed E-state index contributed by atoms with van der Waals surface area (Å²) in [4.78, 5) is 0. The molecule has 12 heavy (non-hydrogen) atoms. The van der Waals surface area contributed by atoms with Crippen molar-refractivity contribution in [2.45, 2.75) is 38.5 Å². The van der Waals surface area contributed by atoms with Crippen LogP contribution in [0.15, 0.2) is 0 Å². The molecule has 3 heteroatoms. The van der Waals surface area contributed by atoms with Crippen LogP contribution in [0.3, 0.4) is 0 Å². The number of aromatic nitrogens is 2. The fourth-order valence-corrected chi connectivity index (χ4v) is 2.19. The smallest absolute Gasteiger partial charge is 0.148 e. The number of nitrogens with two attached hydrogens (primary N) is 1. The SMILES string of the molecule is Cc1[nH]nc(N)c1C1CCCC1. The van der Waals surface area contributed by atoms with E-state index in [4.69, 9.17) is 5.73 Å². The van der Waals surface area contributed by atoms with Crippen LogP contribution in [0.5, 0.6) is 0 Å². The van der Waals surface area contributed by atoms with Crippen molar-refractivity contribution in [3.05, 3.63) is 11.3 Å². The molecule has 0 saturated heterocycles. The number of aryl methyl sites for hydroxylation is 1. The second kappa shape index (κ2) is 2.81. The van der Waals surface area contributed by atoms with Gasteiger partial charge in [0.2, 0.25) is 0 Å². The molecule has 1 aliphatic carbocycles. The normalized spacial score (nSPS) is 18.8. The van der Waals surface area contributed by atoms with E-state index in [1.165, 1.54) is 31.2 Å². The number of aromatic amines is 1. The zero-order chi connectivity index (χ0) is 8.55. The van der Waals surface area contributed by atoms with Crippen molar-refractivity contribution in [1.82, 2.24) is 10.2 Å². The summed E-state index contributed by atoms with van der Waals surface area (Å²) in [5.41, 5.74) is 8.20. The minimum absolute atomic E-state index is 0.670. The standard InChI is InChI=1S/C9H15N3/c1-6-8(9(10)12-11-6)7-4-2-3-5-7/h7H,2-5H2,1H3,(H3,10,11,12). The third kappa shape index (κ3) is 1.09. The first-order valence-electron chi connectivity index (χ1n) is 4.59. The molecule has 0 radical (unpaired) electrons. The Morgan fingerprint density at radius 2 is 2.08 bits per heavy atom. The lowest BCUT2D eigenvalue weighted by atomic mass is 9.98. The summed E-state index contributed by atoms with van der Waals surface area (Å²) < 4.78 is 0. The van der Waals surface area contributed by atoms with Crippen molar-refractivity contribution < 1.29 is 0 Å². The molecular weight excluding hydrogens is 150 g/mol. The van der Waals surface area contributed by atoms with Crippen LogP contribution in [0, 0.1) is 6.92 Å². The molecule has 66 valence electrons. The van der Waals surface area contributed by atoms with Crippen LogP contribution >= 0.6 is 0 Å². The van der Waals surface area contributed by atoms with Gasteiger partial charge in [0.1, 0.15) is 5.82 Å². The van der Waals surface area contributed by atoms with Crippen LogP contribution in [0.25, 0.3) is 0 Å². The number of H-pyrrole nitrogens is 1. The van der Waals surface area contributed by atoms with Gasteiger partial charge in [0, 0.05) is 11.3 Å². The molecule has 0 atom stereocenters. The summed E-state index contributed by atoms with van der Waals surface area (Å²) in [6, 6.07) is 0. The van der Waals surface area contributed by atoms with Gasteiger partial charge >= 0.3 is 0 Å². The Morgan fingerprint density at radius 3 is 2.58 bits per heavy atom. The maximum Gasteiger partial charge on any atom is 0.148 e. The number of hydrogen-bond donors (Lipinski definition) is 2. The molecule has 3 nitrogen and oxygen atoms in total. The number of nitrogens with one attached hydrogen (secondary N) is 1. The molecule has 2 rings (SSSR count). The third-order valence-corrected chi connectivity index (χ3v) is 2.79. The number of nitrogens with zero attached hydrogens (tertiary/aromatic N) is 1. The highest BCUT2D eigenvalue weighted by molar-refractivity contribution is 5.44. The highest BCUT2D eigenvalue weighted by Crippen LogP contribution is 2.37. The Hall–Kier alpha value is -0.990. The molecule has 1 aliphatic rings. The van der Waals surface area contributed by atoms with Gasteiger partial charge < -0.3 is 5.73 Å². The molecule has 3 N–H and O–H groups in total. The Morgan fingerprint density at radius 1 is 1.42 bits per heavy atom. The van der Waals surface area contributed by atoms with Gasteiger partial charge in [-0.05, 0) is 25.7 Å². The topological polar surface area (TPSA) is 54.7 Å². The van der Waals surface area contributed by atoms with Gasteiger partial charge in [-0.15, -0.1) is 0 Å². The van der Waals surface area contributed by atoms with Crippen molar-refractivity contribution in [1.29, 1.82) is 0 Å². The van der Waals surface area contributed by atoms with Gasteiger partial charge in [-0.25, -0.2) is 0 Å². The highest BCUT2D eigenvalue weighted by atomic mass is 15.2. The zero-order valence-electron chi connectivity index (χ0n) is 7.43. The summed E-state index contributed by atoms with van der Waals surface area (Å²) in [6.07, 6.45) is 5.25. The third-order valence-electron chi connectivity index (χ3n) is 2.79. The molecule has 0 bridgehead atoms. The lowest BCUT2D eigenvalue weighted by molar-refractivity contribution is 0.720. The fraction of sp³-hybridized carbons (Fsp3) is 0.667. The highest BCUT2D eigenvalue weighted by Gasteiger charge is 2.22. The van der Waals surface area contributed by atoms with E-state index in [2.05, 4.69) is 17.1 Å². The molecule has 1 aromatic rings. The van der Waals surface area contributed by atoms with Crippen LogP contribution in [0.4, 0.5) is 5.82 Å². The lowest BCUT2D eigenvalue weighted by Gasteiger charge is -2.07. The molecule has 1 aromatic heterocycles. The molecule has 0 unspecified atom stereocenters. The summed E-state index contributed by atoms with van der Waals surface area (Å²) in [5, 5.41) is 6.95. The van der Waals surface area contributed by atoms with Crippen LogP contribution in [0.1, 0.15) is 42.9 Å². The number of rotatable bonds is 1. The molecule has 0 spiro atoms. The van der Waals surface area contributed by atoms with E-state index in [1.54, 1.807) is 0 Å².